The second-order valence-corrected chi connectivity index (χ2v) is 9.90. The van der Waals surface area contributed by atoms with Crippen molar-refractivity contribution < 1.29 is 35.7 Å². The molecule has 4 rings (SSSR count). The predicted octanol–water partition coefficient (Wildman–Crippen LogP) is 2.82. The van der Waals surface area contributed by atoms with Crippen molar-refractivity contribution in [3.05, 3.63) is 81.9 Å². The van der Waals surface area contributed by atoms with Gasteiger partial charge in [0.2, 0.25) is 16.6 Å². The summed E-state index contributed by atoms with van der Waals surface area (Å²) < 4.78 is 53.8. The Hall–Kier alpha value is -3.41. The number of thiol groups is 1. The molecule has 0 bridgehead atoms. The number of hydrogen-bond donors (Lipinski definition) is 2. The summed E-state index contributed by atoms with van der Waals surface area (Å²) in [5.41, 5.74) is -1.19. The molecule has 0 saturated heterocycles. The van der Waals surface area contributed by atoms with Gasteiger partial charge in [0.1, 0.15) is 5.69 Å². The number of fused-ring (bicyclic) bond motifs is 2. The van der Waals surface area contributed by atoms with Crippen LogP contribution >= 0.6 is 11.6 Å². The fourth-order valence-corrected chi connectivity index (χ4v) is 4.74. The molecule has 0 spiro atoms. The Kier molecular flexibility index (Phi) is 5.64. The lowest BCUT2D eigenvalue weighted by Gasteiger charge is -2.25. The van der Waals surface area contributed by atoms with Crippen LogP contribution in [-0.2, 0) is 21.0 Å². The van der Waals surface area contributed by atoms with Crippen molar-refractivity contribution in [1.82, 2.24) is 0 Å². The molecule has 0 aromatic heterocycles. The molecule has 0 heterocycles. The first kappa shape index (κ1) is 22.8. The average Bonchev–Trinajstić information content (AvgIpc) is 2.74. The van der Waals surface area contributed by atoms with Gasteiger partial charge < -0.3 is 9.29 Å². The summed E-state index contributed by atoms with van der Waals surface area (Å²) in [4.78, 5) is 26.2. The van der Waals surface area contributed by atoms with Gasteiger partial charge in [-0.05, 0) is 30.3 Å². The number of ketones is 2. The number of carbonyl (C=O) groups excluding carboxylic acids is 2. The second kappa shape index (κ2) is 8.18. The monoisotopic (exact) mass is 507 g/mol. The van der Waals surface area contributed by atoms with Crippen LogP contribution < -0.4 is 8.49 Å². The normalized spacial score (nSPS) is 12.9. The molecule has 0 unspecified atom stereocenters. The fraction of sp³-hybridized carbons (Fsp3) is 0.0476. The van der Waals surface area contributed by atoms with E-state index in [9.17, 15) is 31.5 Å². The number of halogens is 1. The Bertz CT molecular complexity index is 1500. The Morgan fingerprint density at radius 1 is 0.939 bits per heavy atom. The highest BCUT2D eigenvalue weighted by atomic mass is 35.5. The quantitative estimate of drug-likeness (QED) is 0.311. The molecule has 0 aliphatic heterocycles. The van der Waals surface area contributed by atoms with E-state index in [0.717, 1.165) is 6.07 Å². The first-order chi connectivity index (χ1) is 15.5. The SMILES string of the molecule is CS(=O)(=O)Oc1c(N(c2ccc(Cl)cc2)[SH](=O)=O)cc2c(c1O)C(=O)c1ccccc1C2=O. The van der Waals surface area contributed by atoms with Crippen molar-refractivity contribution >= 4 is 55.6 Å². The second-order valence-electron chi connectivity index (χ2n) is 7.01. The summed E-state index contributed by atoms with van der Waals surface area (Å²) in [6.45, 7) is 0. The van der Waals surface area contributed by atoms with Crippen LogP contribution in [0.25, 0.3) is 0 Å². The van der Waals surface area contributed by atoms with E-state index in [1.807, 2.05) is 0 Å². The van der Waals surface area contributed by atoms with Gasteiger partial charge in [0.05, 0.1) is 17.5 Å². The highest BCUT2D eigenvalue weighted by molar-refractivity contribution is 7.86. The summed E-state index contributed by atoms with van der Waals surface area (Å²) in [5, 5.41) is 11.2. The molecule has 0 amide bonds. The lowest BCUT2D eigenvalue weighted by Crippen LogP contribution is -2.24. The van der Waals surface area contributed by atoms with Gasteiger partial charge in [-0.1, -0.05) is 35.9 Å². The third-order valence-corrected chi connectivity index (χ3v) is 6.31. The standard InChI is InChI=1S/C21H14ClNO8S2/c1-33(29,30)31-21-16(23(32(27)28)12-8-6-11(22)7-9-12)10-15-17(20(21)26)19(25)14-5-3-2-4-13(14)18(15)24/h2-10,26,32H,1H3. The molecule has 0 radical (unpaired) electrons. The Balaban J connectivity index is 2.06. The number of rotatable bonds is 5. The van der Waals surface area contributed by atoms with Crippen molar-refractivity contribution in [3.63, 3.8) is 0 Å². The van der Waals surface area contributed by atoms with Crippen LogP contribution in [0.3, 0.4) is 0 Å². The van der Waals surface area contributed by atoms with E-state index in [-0.39, 0.29) is 22.4 Å². The molecule has 0 saturated carbocycles. The van der Waals surface area contributed by atoms with E-state index in [4.69, 9.17) is 15.8 Å². The lowest BCUT2D eigenvalue weighted by atomic mass is 9.83. The van der Waals surface area contributed by atoms with Crippen molar-refractivity contribution in [2.45, 2.75) is 0 Å². The van der Waals surface area contributed by atoms with Gasteiger partial charge in [-0.2, -0.15) is 8.42 Å². The van der Waals surface area contributed by atoms with E-state index >= 15 is 0 Å². The summed E-state index contributed by atoms with van der Waals surface area (Å²) in [5.74, 6) is -3.19. The number of nitrogens with zero attached hydrogens (tertiary/aromatic N) is 1. The largest absolute Gasteiger partial charge is 0.504 e. The van der Waals surface area contributed by atoms with E-state index < -0.39 is 55.3 Å². The maximum atomic E-state index is 13.1. The van der Waals surface area contributed by atoms with Crippen molar-refractivity contribution in [2.75, 3.05) is 10.6 Å². The number of aromatic hydroxyl groups is 1. The third-order valence-electron chi connectivity index (χ3n) is 4.82. The first-order valence-electron chi connectivity index (χ1n) is 9.17. The molecular formula is C21H14ClNO8S2. The highest BCUT2D eigenvalue weighted by Crippen LogP contribution is 2.47. The molecule has 3 aromatic carbocycles. The number of carbonyl (C=O) groups is 2. The van der Waals surface area contributed by atoms with Crippen molar-refractivity contribution in [3.8, 4) is 11.5 Å². The van der Waals surface area contributed by atoms with Gasteiger partial charge >= 0.3 is 10.1 Å². The topological polar surface area (TPSA) is 135 Å². The Morgan fingerprint density at radius 3 is 2.06 bits per heavy atom. The molecule has 12 heteroatoms. The maximum Gasteiger partial charge on any atom is 0.306 e. The molecule has 1 aliphatic rings. The minimum atomic E-state index is -4.29. The molecule has 1 aliphatic carbocycles. The first-order valence-corrected chi connectivity index (χ1v) is 12.5. The molecule has 33 heavy (non-hydrogen) atoms. The van der Waals surface area contributed by atoms with Crippen LogP contribution in [0.1, 0.15) is 31.8 Å². The van der Waals surface area contributed by atoms with E-state index in [1.54, 1.807) is 6.07 Å². The van der Waals surface area contributed by atoms with Crippen LogP contribution in [0.5, 0.6) is 11.5 Å². The van der Waals surface area contributed by atoms with Crippen LogP contribution in [0.2, 0.25) is 5.02 Å². The summed E-state index contributed by atoms with van der Waals surface area (Å²) in [6.07, 6.45) is 0.682. The van der Waals surface area contributed by atoms with E-state index in [2.05, 4.69) is 0 Å². The van der Waals surface area contributed by atoms with Crippen molar-refractivity contribution in [1.29, 1.82) is 0 Å². The minimum Gasteiger partial charge on any atom is -0.504 e. The Morgan fingerprint density at radius 2 is 1.52 bits per heavy atom. The van der Waals surface area contributed by atoms with Gasteiger partial charge in [-0.25, -0.2) is 12.7 Å². The zero-order chi connectivity index (χ0) is 24.1. The van der Waals surface area contributed by atoms with Gasteiger partial charge in [-0.15, -0.1) is 0 Å². The number of phenols is 1. The average molecular weight is 508 g/mol. The lowest BCUT2D eigenvalue weighted by molar-refractivity contribution is 0.0976. The van der Waals surface area contributed by atoms with Gasteiger partial charge in [-0.3, -0.25) is 9.59 Å². The van der Waals surface area contributed by atoms with Gasteiger partial charge in [0, 0.05) is 21.7 Å². The van der Waals surface area contributed by atoms with E-state index in [0.29, 0.717) is 15.6 Å². The molecule has 170 valence electrons. The van der Waals surface area contributed by atoms with Crippen molar-refractivity contribution in [2.24, 2.45) is 0 Å². The van der Waals surface area contributed by atoms with E-state index in [1.165, 1.54) is 42.5 Å². The third kappa shape index (κ3) is 4.06. The minimum absolute atomic E-state index is 0.00724. The molecule has 9 nitrogen and oxygen atoms in total. The highest BCUT2D eigenvalue weighted by Gasteiger charge is 2.37. The summed E-state index contributed by atoms with van der Waals surface area (Å²) in [6, 6.07) is 12.3. The zero-order valence-electron chi connectivity index (χ0n) is 16.7. The molecule has 0 fully saturated rings. The number of hydrogen-bond acceptors (Lipinski definition) is 8. The summed E-state index contributed by atoms with van der Waals surface area (Å²) >= 11 is 5.87. The number of anilines is 2. The Labute approximate surface area is 195 Å². The van der Waals surface area contributed by atoms with Gasteiger partial charge in [0.15, 0.2) is 17.3 Å². The smallest absolute Gasteiger partial charge is 0.306 e. The van der Waals surface area contributed by atoms with Crippen LogP contribution in [0, 0.1) is 0 Å². The molecule has 3 aromatic rings. The molecule has 1 N–H and O–H groups in total. The zero-order valence-corrected chi connectivity index (χ0v) is 19.1. The number of benzene rings is 3. The summed E-state index contributed by atoms with van der Waals surface area (Å²) in [7, 11) is -7.77. The maximum absolute atomic E-state index is 13.1. The van der Waals surface area contributed by atoms with Crippen LogP contribution in [0.15, 0.2) is 54.6 Å². The van der Waals surface area contributed by atoms with Crippen LogP contribution in [0.4, 0.5) is 11.4 Å². The van der Waals surface area contributed by atoms with Gasteiger partial charge in [0.25, 0.3) is 0 Å². The van der Waals surface area contributed by atoms with Crippen LogP contribution in [-0.4, -0.2) is 39.8 Å². The molecule has 0 atom stereocenters. The number of phenolic OH excluding ortho intramolecular Hbond substituents is 1. The predicted molar refractivity (Wildman–Crippen MR) is 121 cm³/mol. The fourth-order valence-electron chi connectivity index (χ4n) is 3.50. The molecular weight excluding hydrogens is 494 g/mol.